The Labute approximate surface area is 182 Å². The van der Waals surface area contributed by atoms with Gasteiger partial charge in [0.2, 0.25) is 10.0 Å². The minimum Gasteiger partial charge on any atom is -0.351 e. The van der Waals surface area contributed by atoms with Gasteiger partial charge in [0.05, 0.1) is 4.90 Å². The number of carbonyl (C=O) groups is 1. The number of thioether (sulfide) groups is 1. The van der Waals surface area contributed by atoms with Crippen molar-refractivity contribution in [2.24, 2.45) is 0 Å². The molecule has 1 aliphatic heterocycles. The molecule has 8 heteroatoms. The Kier molecular flexibility index (Phi) is 7.91. The Bertz CT molecular complexity index is 965. The number of nitrogens with zero attached hydrogens (tertiary/aromatic N) is 1. The van der Waals surface area contributed by atoms with Crippen molar-refractivity contribution in [1.29, 1.82) is 0 Å². The fourth-order valence-corrected chi connectivity index (χ4v) is 6.02. The summed E-state index contributed by atoms with van der Waals surface area (Å²) in [5.41, 5.74) is 1.06. The number of nitrogens with one attached hydrogen (secondary N) is 1. The standard InChI is InChI=1S/C22H27FN2O3S2/c1-17-6-4-5-14-25(17)30(27,28)20-11-9-18(10-12-20)22(26)24-13-15-29-16-19-7-2-3-8-21(19)23/h2-3,7-12,17H,4-6,13-16H2,1H3,(H,24,26). The summed E-state index contributed by atoms with van der Waals surface area (Å²) in [7, 11) is -3.54. The number of halogens is 1. The van der Waals surface area contributed by atoms with Crippen LogP contribution in [-0.4, -0.2) is 43.5 Å². The molecule has 162 valence electrons. The third-order valence-corrected chi connectivity index (χ3v) is 8.25. The summed E-state index contributed by atoms with van der Waals surface area (Å²) < 4.78 is 40.8. The van der Waals surface area contributed by atoms with Crippen molar-refractivity contribution >= 4 is 27.7 Å². The first-order chi connectivity index (χ1) is 14.4. The van der Waals surface area contributed by atoms with Gasteiger partial charge in [0.1, 0.15) is 5.82 Å². The van der Waals surface area contributed by atoms with E-state index in [1.54, 1.807) is 34.6 Å². The minimum atomic E-state index is -3.54. The Morgan fingerprint density at radius 3 is 2.60 bits per heavy atom. The fraction of sp³-hybridized carbons (Fsp3) is 0.409. The molecule has 1 N–H and O–H groups in total. The molecule has 30 heavy (non-hydrogen) atoms. The SMILES string of the molecule is CC1CCCCN1S(=O)(=O)c1ccc(C(=O)NCCSCc2ccccc2F)cc1. The minimum absolute atomic E-state index is 0.00594. The lowest BCUT2D eigenvalue weighted by Gasteiger charge is -2.32. The number of carbonyl (C=O) groups excluding carboxylic acids is 1. The van der Waals surface area contributed by atoms with E-state index < -0.39 is 10.0 Å². The van der Waals surface area contributed by atoms with Gasteiger partial charge < -0.3 is 5.32 Å². The number of piperidine rings is 1. The van der Waals surface area contributed by atoms with Crippen LogP contribution in [0.2, 0.25) is 0 Å². The third kappa shape index (κ3) is 5.62. The average molecular weight is 451 g/mol. The fourth-order valence-electron chi connectivity index (χ4n) is 3.48. The predicted octanol–water partition coefficient (Wildman–Crippen LogP) is 4.05. The zero-order valence-corrected chi connectivity index (χ0v) is 18.6. The number of hydrogen-bond acceptors (Lipinski definition) is 4. The molecule has 3 rings (SSSR count). The van der Waals surface area contributed by atoms with Gasteiger partial charge in [-0.2, -0.15) is 16.1 Å². The molecule has 0 radical (unpaired) electrons. The summed E-state index contributed by atoms with van der Waals surface area (Å²) in [6.07, 6.45) is 2.79. The molecule has 0 saturated carbocycles. The zero-order valence-electron chi connectivity index (χ0n) is 17.0. The largest absolute Gasteiger partial charge is 0.351 e. The van der Waals surface area contributed by atoms with Crippen LogP contribution < -0.4 is 5.32 Å². The predicted molar refractivity (Wildman–Crippen MR) is 119 cm³/mol. The van der Waals surface area contributed by atoms with E-state index in [1.807, 2.05) is 6.92 Å². The smallest absolute Gasteiger partial charge is 0.251 e. The normalized spacial score (nSPS) is 17.6. The van der Waals surface area contributed by atoms with Crippen molar-refractivity contribution in [2.75, 3.05) is 18.8 Å². The van der Waals surface area contributed by atoms with Gasteiger partial charge >= 0.3 is 0 Å². The second-order valence-corrected chi connectivity index (χ2v) is 10.4. The Balaban J connectivity index is 1.49. The van der Waals surface area contributed by atoms with Crippen LogP contribution in [0, 0.1) is 5.82 Å². The number of sulfonamides is 1. The van der Waals surface area contributed by atoms with E-state index in [1.165, 1.54) is 30.0 Å². The maximum atomic E-state index is 13.6. The first-order valence-corrected chi connectivity index (χ1v) is 12.7. The molecule has 1 saturated heterocycles. The highest BCUT2D eigenvalue weighted by Crippen LogP contribution is 2.25. The molecule has 2 aromatic carbocycles. The quantitative estimate of drug-likeness (QED) is 0.616. The summed E-state index contributed by atoms with van der Waals surface area (Å²) in [4.78, 5) is 12.5. The second-order valence-electron chi connectivity index (χ2n) is 7.38. The Morgan fingerprint density at radius 2 is 1.90 bits per heavy atom. The van der Waals surface area contributed by atoms with Crippen LogP contribution in [0.15, 0.2) is 53.4 Å². The first kappa shape index (κ1) is 22.8. The maximum absolute atomic E-state index is 13.6. The second kappa shape index (κ2) is 10.4. The van der Waals surface area contributed by atoms with Crippen LogP contribution in [0.4, 0.5) is 4.39 Å². The van der Waals surface area contributed by atoms with Crippen LogP contribution >= 0.6 is 11.8 Å². The molecule has 1 aliphatic rings. The highest BCUT2D eigenvalue weighted by Gasteiger charge is 2.30. The number of hydrogen-bond donors (Lipinski definition) is 1. The molecule has 0 spiro atoms. The van der Waals surface area contributed by atoms with Crippen molar-refractivity contribution in [3.05, 3.63) is 65.5 Å². The van der Waals surface area contributed by atoms with Gasteiger partial charge in [-0.3, -0.25) is 4.79 Å². The van der Waals surface area contributed by atoms with Crippen LogP contribution in [0.1, 0.15) is 42.1 Å². The molecule has 5 nitrogen and oxygen atoms in total. The maximum Gasteiger partial charge on any atom is 0.251 e. The Morgan fingerprint density at radius 1 is 1.17 bits per heavy atom. The number of benzene rings is 2. The number of rotatable bonds is 8. The molecular formula is C22H27FN2O3S2. The van der Waals surface area contributed by atoms with E-state index in [0.717, 1.165) is 19.3 Å². The Hall–Kier alpha value is -1.90. The van der Waals surface area contributed by atoms with E-state index in [9.17, 15) is 17.6 Å². The van der Waals surface area contributed by atoms with Crippen LogP contribution in [-0.2, 0) is 15.8 Å². The van der Waals surface area contributed by atoms with Crippen molar-refractivity contribution in [2.45, 2.75) is 42.9 Å². The van der Waals surface area contributed by atoms with Gasteiger partial charge in [0, 0.05) is 36.2 Å². The van der Waals surface area contributed by atoms with Crippen molar-refractivity contribution < 1.29 is 17.6 Å². The van der Waals surface area contributed by atoms with E-state index >= 15 is 0 Å². The summed E-state index contributed by atoms with van der Waals surface area (Å²) >= 11 is 1.54. The van der Waals surface area contributed by atoms with E-state index in [2.05, 4.69) is 5.32 Å². The monoisotopic (exact) mass is 450 g/mol. The molecule has 0 aromatic heterocycles. The third-order valence-electron chi connectivity index (χ3n) is 5.21. The molecule has 1 fully saturated rings. The van der Waals surface area contributed by atoms with Gasteiger partial charge in [0.25, 0.3) is 5.91 Å². The van der Waals surface area contributed by atoms with Crippen molar-refractivity contribution in [3.63, 3.8) is 0 Å². The van der Waals surface area contributed by atoms with Gasteiger partial charge in [-0.1, -0.05) is 24.6 Å². The lowest BCUT2D eigenvalue weighted by Crippen LogP contribution is -2.41. The first-order valence-electron chi connectivity index (χ1n) is 10.1. The molecule has 1 atom stereocenters. The van der Waals surface area contributed by atoms with Gasteiger partial charge in [0.15, 0.2) is 0 Å². The van der Waals surface area contributed by atoms with Crippen LogP contribution in [0.25, 0.3) is 0 Å². The molecule has 0 aliphatic carbocycles. The highest BCUT2D eigenvalue weighted by molar-refractivity contribution is 7.98. The van der Waals surface area contributed by atoms with Crippen LogP contribution in [0.3, 0.4) is 0 Å². The average Bonchev–Trinajstić information content (AvgIpc) is 2.75. The van der Waals surface area contributed by atoms with E-state index in [4.69, 9.17) is 0 Å². The summed E-state index contributed by atoms with van der Waals surface area (Å²) in [6.45, 7) is 2.92. The van der Waals surface area contributed by atoms with Crippen LogP contribution in [0.5, 0.6) is 0 Å². The van der Waals surface area contributed by atoms with Crippen molar-refractivity contribution in [3.8, 4) is 0 Å². The number of amides is 1. The molecule has 1 heterocycles. The zero-order chi connectivity index (χ0) is 21.6. The summed E-state index contributed by atoms with van der Waals surface area (Å²) in [6, 6.07) is 12.7. The topological polar surface area (TPSA) is 66.5 Å². The lowest BCUT2D eigenvalue weighted by molar-refractivity contribution is 0.0956. The van der Waals surface area contributed by atoms with Gasteiger partial charge in [-0.15, -0.1) is 0 Å². The molecule has 1 amide bonds. The summed E-state index contributed by atoms with van der Waals surface area (Å²) in [5.74, 6) is 0.725. The molecule has 2 aromatic rings. The van der Waals surface area contributed by atoms with Gasteiger partial charge in [-0.25, -0.2) is 12.8 Å². The lowest BCUT2D eigenvalue weighted by atomic mass is 10.1. The van der Waals surface area contributed by atoms with E-state index in [0.29, 0.717) is 35.7 Å². The van der Waals surface area contributed by atoms with E-state index in [-0.39, 0.29) is 22.7 Å². The van der Waals surface area contributed by atoms with Gasteiger partial charge in [-0.05, 0) is 55.7 Å². The molecular weight excluding hydrogens is 423 g/mol. The van der Waals surface area contributed by atoms with Crippen molar-refractivity contribution in [1.82, 2.24) is 9.62 Å². The summed E-state index contributed by atoms with van der Waals surface area (Å²) in [5, 5.41) is 2.82. The molecule has 0 bridgehead atoms. The molecule has 1 unspecified atom stereocenters. The highest BCUT2D eigenvalue weighted by atomic mass is 32.2.